The molecule has 3 nitrogen and oxygen atoms in total. The molecular weight excluding hydrogens is 238 g/mol. The lowest BCUT2D eigenvalue weighted by atomic mass is 9.92. The Labute approximate surface area is 116 Å². The third kappa shape index (κ3) is 4.67. The Morgan fingerprint density at radius 1 is 1.32 bits per heavy atom. The fourth-order valence-corrected chi connectivity index (χ4v) is 2.16. The van der Waals surface area contributed by atoms with Gasteiger partial charge in [0.15, 0.2) is 5.78 Å². The minimum Gasteiger partial charge on any atom is -0.496 e. The summed E-state index contributed by atoms with van der Waals surface area (Å²) in [6, 6.07) is 5.92. The van der Waals surface area contributed by atoms with E-state index in [2.05, 4.69) is 0 Å². The maximum atomic E-state index is 12.4. The van der Waals surface area contributed by atoms with Crippen LogP contribution in [0.25, 0.3) is 0 Å². The molecule has 19 heavy (non-hydrogen) atoms. The molecule has 0 aliphatic carbocycles. The lowest BCUT2D eigenvalue weighted by molar-refractivity contribution is 0.0919. The van der Waals surface area contributed by atoms with E-state index in [4.69, 9.17) is 10.5 Å². The van der Waals surface area contributed by atoms with Crippen molar-refractivity contribution < 1.29 is 9.53 Å². The molecule has 1 aromatic rings. The van der Waals surface area contributed by atoms with Crippen molar-refractivity contribution in [1.29, 1.82) is 0 Å². The summed E-state index contributed by atoms with van der Waals surface area (Å²) in [6.07, 6.45) is 2.82. The van der Waals surface area contributed by atoms with Crippen molar-refractivity contribution in [2.24, 2.45) is 11.7 Å². The molecular formula is C16H25NO2. The highest BCUT2D eigenvalue weighted by Crippen LogP contribution is 2.24. The number of hydrogen-bond acceptors (Lipinski definition) is 3. The average molecular weight is 263 g/mol. The number of ether oxygens (including phenoxy) is 1. The summed E-state index contributed by atoms with van der Waals surface area (Å²) >= 11 is 0. The SMILES string of the molecule is COc1ccc(C)cc1C(=O)C(C)CCCC(C)N. The predicted molar refractivity (Wildman–Crippen MR) is 78.7 cm³/mol. The topological polar surface area (TPSA) is 52.3 Å². The van der Waals surface area contributed by atoms with Crippen LogP contribution < -0.4 is 10.5 Å². The molecule has 0 saturated carbocycles. The number of methoxy groups -OCH3 is 1. The molecule has 2 atom stereocenters. The molecule has 3 heteroatoms. The van der Waals surface area contributed by atoms with Gasteiger partial charge in [0.1, 0.15) is 5.75 Å². The van der Waals surface area contributed by atoms with Crippen molar-refractivity contribution in [3.63, 3.8) is 0 Å². The lowest BCUT2D eigenvalue weighted by Crippen LogP contribution is -2.17. The first-order valence-corrected chi connectivity index (χ1v) is 6.90. The standard InChI is InChI=1S/C16H25NO2/c1-11-8-9-15(19-4)14(10-11)16(18)12(2)6-5-7-13(3)17/h8-10,12-13H,5-7,17H2,1-4H3. The van der Waals surface area contributed by atoms with Crippen LogP contribution in [0.15, 0.2) is 18.2 Å². The molecule has 106 valence electrons. The summed E-state index contributed by atoms with van der Waals surface area (Å²) < 4.78 is 5.27. The zero-order chi connectivity index (χ0) is 14.4. The molecule has 2 unspecified atom stereocenters. The van der Waals surface area contributed by atoms with Gasteiger partial charge in [-0.15, -0.1) is 0 Å². The Hall–Kier alpha value is -1.35. The minimum absolute atomic E-state index is 0.00875. The van der Waals surface area contributed by atoms with Crippen LogP contribution in [0, 0.1) is 12.8 Å². The normalized spacial score (nSPS) is 13.9. The van der Waals surface area contributed by atoms with E-state index in [0.29, 0.717) is 11.3 Å². The Morgan fingerprint density at radius 2 is 2.00 bits per heavy atom. The first kappa shape index (κ1) is 15.7. The van der Waals surface area contributed by atoms with Crippen molar-refractivity contribution in [1.82, 2.24) is 0 Å². The number of nitrogens with two attached hydrogens (primary N) is 1. The molecule has 0 saturated heterocycles. The highest BCUT2D eigenvalue weighted by Gasteiger charge is 2.19. The molecule has 0 aromatic heterocycles. The molecule has 1 aromatic carbocycles. The van der Waals surface area contributed by atoms with Crippen LogP contribution in [0.5, 0.6) is 5.75 Å². The third-order valence-electron chi connectivity index (χ3n) is 3.36. The number of carbonyl (C=O) groups excluding carboxylic acids is 1. The van der Waals surface area contributed by atoms with E-state index in [1.165, 1.54) is 0 Å². The minimum atomic E-state index is 0.00875. The van der Waals surface area contributed by atoms with Crippen LogP contribution in [-0.2, 0) is 0 Å². The molecule has 0 aliphatic heterocycles. The lowest BCUT2D eigenvalue weighted by Gasteiger charge is -2.14. The van der Waals surface area contributed by atoms with E-state index in [0.717, 1.165) is 24.8 Å². The summed E-state index contributed by atoms with van der Waals surface area (Å²) in [5.74, 6) is 0.828. The van der Waals surface area contributed by atoms with Crippen LogP contribution in [0.4, 0.5) is 0 Å². The number of aryl methyl sites for hydroxylation is 1. The highest BCUT2D eigenvalue weighted by atomic mass is 16.5. The van der Waals surface area contributed by atoms with Gasteiger partial charge in [-0.05, 0) is 38.8 Å². The second kappa shape index (κ2) is 7.29. The van der Waals surface area contributed by atoms with Crippen molar-refractivity contribution in [3.05, 3.63) is 29.3 Å². The zero-order valence-corrected chi connectivity index (χ0v) is 12.4. The number of rotatable bonds is 7. The van der Waals surface area contributed by atoms with Crippen LogP contribution in [0.1, 0.15) is 49.0 Å². The van der Waals surface area contributed by atoms with Gasteiger partial charge in [0, 0.05) is 12.0 Å². The first-order valence-electron chi connectivity index (χ1n) is 6.90. The van der Waals surface area contributed by atoms with Crippen LogP contribution in [0.3, 0.4) is 0 Å². The van der Waals surface area contributed by atoms with E-state index in [-0.39, 0.29) is 17.7 Å². The fraction of sp³-hybridized carbons (Fsp3) is 0.562. The molecule has 0 bridgehead atoms. The van der Waals surface area contributed by atoms with Gasteiger partial charge in [0.25, 0.3) is 0 Å². The largest absolute Gasteiger partial charge is 0.496 e. The Morgan fingerprint density at radius 3 is 2.58 bits per heavy atom. The van der Waals surface area contributed by atoms with E-state index in [1.54, 1.807) is 7.11 Å². The molecule has 0 aliphatic rings. The van der Waals surface area contributed by atoms with E-state index < -0.39 is 0 Å². The first-order chi connectivity index (χ1) is 8.95. The van der Waals surface area contributed by atoms with Gasteiger partial charge in [0.2, 0.25) is 0 Å². The van der Waals surface area contributed by atoms with Gasteiger partial charge in [0.05, 0.1) is 12.7 Å². The quantitative estimate of drug-likeness (QED) is 0.768. The molecule has 0 amide bonds. The number of Topliss-reactive ketones (excluding diaryl/α,β-unsaturated/α-hetero) is 1. The molecule has 0 spiro atoms. The maximum Gasteiger partial charge on any atom is 0.169 e. The van der Waals surface area contributed by atoms with Crippen molar-refractivity contribution in [2.75, 3.05) is 7.11 Å². The average Bonchev–Trinajstić information content (AvgIpc) is 2.37. The third-order valence-corrected chi connectivity index (χ3v) is 3.36. The van der Waals surface area contributed by atoms with Gasteiger partial charge < -0.3 is 10.5 Å². The van der Waals surface area contributed by atoms with Gasteiger partial charge in [-0.3, -0.25) is 4.79 Å². The Bertz CT molecular complexity index is 427. The summed E-state index contributed by atoms with van der Waals surface area (Å²) in [7, 11) is 1.60. The van der Waals surface area contributed by atoms with E-state index in [9.17, 15) is 4.79 Å². The predicted octanol–water partition coefficient (Wildman–Crippen LogP) is 3.34. The van der Waals surface area contributed by atoms with Crippen LogP contribution in [0.2, 0.25) is 0 Å². The van der Waals surface area contributed by atoms with E-state index in [1.807, 2.05) is 39.0 Å². The highest BCUT2D eigenvalue weighted by molar-refractivity contribution is 6.00. The molecule has 1 rings (SSSR count). The summed E-state index contributed by atoms with van der Waals surface area (Å²) in [5, 5.41) is 0. The van der Waals surface area contributed by atoms with Gasteiger partial charge >= 0.3 is 0 Å². The monoisotopic (exact) mass is 263 g/mol. The second-order valence-electron chi connectivity index (χ2n) is 5.38. The Kier molecular flexibility index (Phi) is 6.03. The fourth-order valence-electron chi connectivity index (χ4n) is 2.16. The van der Waals surface area contributed by atoms with Crippen molar-refractivity contribution >= 4 is 5.78 Å². The molecule has 0 heterocycles. The Balaban J connectivity index is 2.73. The smallest absolute Gasteiger partial charge is 0.169 e. The summed E-state index contributed by atoms with van der Waals surface area (Å²) in [5.41, 5.74) is 7.49. The maximum absolute atomic E-state index is 12.4. The summed E-state index contributed by atoms with van der Waals surface area (Å²) in [6.45, 7) is 5.96. The summed E-state index contributed by atoms with van der Waals surface area (Å²) in [4.78, 5) is 12.4. The van der Waals surface area contributed by atoms with E-state index >= 15 is 0 Å². The van der Waals surface area contributed by atoms with Crippen molar-refractivity contribution in [3.8, 4) is 5.75 Å². The van der Waals surface area contributed by atoms with Gasteiger partial charge in [-0.2, -0.15) is 0 Å². The van der Waals surface area contributed by atoms with Crippen LogP contribution >= 0.6 is 0 Å². The van der Waals surface area contributed by atoms with Gasteiger partial charge in [-0.1, -0.05) is 25.0 Å². The zero-order valence-electron chi connectivity index (χ0n) is 12.4. The number of hydrogen-bond donors (Lipinski definition) is 1. The second-order valence-corrected chi connectivity index (χ2v) is 5.38. The number of benzene rings is 1. The van der Waals surface area contributed by atoms with Crippen LogP contribution in [-0.4, -0.2) is 18.9 Å². The van der Waals surface area contributed by atoms with Crippen molar-refractivity contribution in [2.45, 2.75) is 46.1 Å². The van der Waals surface area contributed by atoms with Gasteiger partial charge in [-0.25, -0.2) is 0 Å². The number of carbonyl (C=O) groups is 1. The molecule has 0 radical (unpaired) electrons. The molecule has 2 N–H and O–H groups in total. The molecule has 0 fully saturated rings. The number of ketones is 1.